The zero-order valence-corrected chi connectivity index (χ0v) is 13.5. The van der Waals surface area contributed by atoms with E-state index in [-0.39, 0.29) is 12.2 Å². The highest BCUT2D eigenvalue weighted by atomic mass is 31.2. The minimum Gasteiger partial charge on any atom is -0.383 e. The molecule has 4 atom stereocenters. The molecule has 2 heterocycles. The van der Waals surface area contributed by atoms with E-state index in [1.807, 2.05) is 6.92 Å². The van der Waals surface area contributed by atoms with Crippen molar-refractivity contribution in [3.05, 3.63) is 22.2 Å². The van der Waals surface area contributed by atoms with Crippen LogP contribution in [0.1, 0.15) is 31.6 Å². The first-order valence-corrected chi connectivity index (χ1v) is 8.34. The van der Waals surface area contributed by atoms with E-state index in [0.29, 0.717) is 12.0 Å². The van der Waals surface area contributed by atoms with Crippen molar-refractivity contribution >= 4 is 13.6 Å². The summed E-state index contributed by atoms with van der Waals surface area (Å²) in [6.45, 7) is 3.58. The maximum absolute atomic E-state index is 11.9. The number of nitrogens with two attached hydrogens (primary N) is 1. The Balaban J connectivity index is 2.24. The van der Waals surface area contributed by atoms with Gasteiger partial charge in [-0.1, -0.05) is 6.92 Å². The summed E-state index contributed by atoms with van der Waals surface area (Å²) in [7, 11) is -3.03. The van der Waals surface area contributed by atoms with Gasteiger partial charge in [-0.2, -0.15) is 4.98 Å². The van der Waals surface area contributed by atoms with E-state index in [0.717, 1.165) is 7.11 Å². The molecule has 22 heavy (non-hydrogen) atoms. The third kappa shape index (κ3) is 3.56. The second-order valence-corrected chi connectivity index (χ2v) is 6.58. The molecule has 0 aromatic carbocycles. The van der Waals surface area contributed by atoms with Gasteiger partial charge in [-0.25, -0.2) is 9.36 Å². The number of hydrogen-bond acceptors (Lipinski definition) is 7. The lowest BCUT2D eigenvalue weighted by Gasteiger charge is -2.18. The Bertz CT molecular complexity index is 648. The van der Waals surface area contributed by atoms with E-state index in [1.54, 1.807) is 13.1 Å². The molecule has 1 aliphatic rings. The molecule has 0 saturated carbocycles. The summed E-state index contributed by atoms with van der Waals surface area (Å²) in [5, 5.41) is 0. The van der Waals surface area contributed by atoms with Gasteiger partial charge < -0.3 is 15.4 Å². The largest absolute Gasteiger partial charge is 0.472 e. The van der Waals surface area contributed by atoms with Crippen molar-refractivity contribution in [2.45, 2.75) is 45.1 Å². The van der Waals surface area contributed by atoms with Gasteiger partial charge in [-0.05, 0) is 13.3 Å². The Morgan fingerprint density at radius 3 is 2.91 bits per heavy atom. The fraction of sp³-hybridized carbons (Fsp3) is 0.667. The Kier molecular flexibility index (Phi) is 5.03. The minimum absolute atomic E-state index is 0.165. The molecule has 0 radical (unpaired) electrons. The molecule has 3 N–H and O–H groups in total. The molecule has 1 aliphatic heterocycles. The van der Waals surface area contributed by atoms with Crippen molar-refractivity contribution in [2.24, 2.45) is 0 Å². The van der Waals surface area contributed by atoms with Crippen LogP contribution in [0.25, 0.3) is 0 Å². The van der Waals surface area contributed by atoms with Gasteiger partial charge in [0, 0.05) is 25.3 Å². The normalized spacial score (nSPS) is 27.7. The van der Waals surface area contributed by atoms with Gasteiger partial charge in [0.05, 0.1) is 12.2 Å². The number of phosphoric acid groups is 1. The quantitative estimate of drug-likeness (QED) is 0.763. The zero-order chi connectivity index (χ0) is 16.5. The molecule has 124 valence electrons. The summed E-state index contributed by atoms with van der Waals surface area (Å²) in [4.78, 5) is 25.1. The number of rotatable bonds is 5. The van der Waals surface area contributed by atoms with Crippen LogP contribution in [-0.2, 0) is 18.3 Å². The number of nitrogen functional groups attached to an aromatic ring is 1. The molecule has 0 aliphatic carbocycles. The molecule has 1 saturated heterocycles. The van der Waals surface area contributed by atoms with Gasteiger partial charge in [-0.15, -0.1) is 0 Å². The Morgan fingerprint density at radius 1 is 1.64 bits per heavy atom. The summed E-state index contributed by atoms with van der Waals surface area (Å²) in [6, 6.07) is 0. The lowest BCUT2D eigenvalue weighted by molar-refractivity contribution is -0.0222. The molecule has 9 nitrogen and oxygen atoms in total. The zero-order valence-electron chi connectivity index (χ0n) is 12.6. The van der Waals surface area contributed by atoms with Gasteiger partial charge >= 0.3 is 13.5 Å². The van der Waals surface area contributed by atoms with Crippen LogP contribution in [-0.4, -0.2) is 33.8 Å². The molecule has 1 aromatic rings. The SMILES string of the molecule is CC[C@H]1O[C@@H](n2cc(C)c(N)nc2=O)CC1OP(=O)(O)OC. The topological polar surface area (TPSA) is 126 Å². The molecule has 1 fully saturated rings. The number of phosphoric ester groups is 1. The lowest BCUT2D eigenvalue weighted by atomic mass is 10.1. The highest BCUT2D eigenvalue weighted by Crippen LogP contribution is 2.47. The summed E-state index contributed by atoms with van der Waals surface area (Å²) < 4.78 is 28.2. The second kappa shape index (κ2) is 6.47. The van der Waals surface area contributed by atoms with E-state index < -0.39 is 31.9 Å². The first-order chi connectivity index (χ1) is 10.3. The Morgan fingerprint density at radius 2 is 2.32 bits per heavy atom. The van der Waals surface area contributed by atoms with Crippen molar-refractivity contribution in [3.8, 4) is 0 Å². The molecule has 1 aromatic heterocycles. The van der Waals surface area contributed by atoms with Crippen LogP contribution < -0.4 is 11.4 Å². The molecule has 10 heteroatoms. The fourth-order valence-corrected chi connectivity index (χ4v) is 2.99. The third-order valence-electron chi connectivity index (χ3n) is 3.57. The number of ether oxygens (including phenoxy) is 1. The van der Waals surface area contributed by atoms with Crippen LogP contribution in [0.2, 0.25) is 0 Å². The van der Waals surface area contributed by atoms with Crippen LogP contribution >= 0.6 is 7.82 Å². The third-order valence-corrected chi connectivity index (χ3v) is 4.56. The second-order valence-electron chi connectivity index (χ2n) is 5.07. The molecular weight excluding hydrogens is 313 g/mol. The number of anilines is 1. The van der Waals surface area contributed by atoms with Gasteiger partial charge in [0.2, 0.25) is 0 Å². The average Bonchev–Trinajstić information content (AvgIpc) is 2.84. The van der Waals surface area contributed by atoms with Crippen LogP contribution in [0.5, 0.6) is 0 Å². The molecule has 2 rings (SSSR count). The lowest BCUT2D eigenvalue weighted by Crippen LogP contribution is -2.28. The number of aromatic nitrogens is 2. The summed E-state index contributed by atoms with van der Waals surface area (Å²) in [6.07, 6.45) is 0.629. The first-order valence-electron chi connectivity index (χ1n) is 6.85. The maximum atomic E-state index is 11.9. The van der Waals surface area contributed by atoms with E-state index >= 15 is 0 Å². The van der Waals surface area contributed by atoms with Gasteiger partial charge in [0.15, 0.2) is 0 Å². The van der Waals surface area contributed by atoms with Gasteiger partial charge in [0.1, 0.15) is 12.0 Å². The van der Waals surface area contributed by atoms with Gasteiger partial charge in [0.25, 0.3) is 0 Å². The molecule has 0 spiro atoms. The van der Waals surface area contributed by atoms with Crippen LogP contribution in [0.15, 0.2) is 11.0 Å². The Hall–Kier alpha value is -1.25. The molecular formula is C12H20N3O6P. The first kappa shape index (κ1) is 17.1. The van der Waals surface area contributed by atoms with Crippen molar-refractivity contribution in [1.82, 2.24) is 9.55 Å². The molecule has 0 amide bonds. The fourth-order valence-electron chi connectivity index (χ4n) is 2.34. The summed E-state index contributed by atoms with van der Waals surface area (Å²) in [5.41, 5.74) is 5.70. The monoisotopic (exact) mass is 333 g/mol. The van der Waals surface area contributed by atoms with E-state index in [4.69, 9.17) is 15.0 Å². The highest BCUT2D eigenvalue weighted by molar-refractivity contribution is 7.47. The number of nitrogens with zero attached hydrogens (tertiary/aromatic N) is 2. The van der Waals surface area contributed by atoms with Crippen molar-refractivity contribution < 1.29 is 23.2 Å². The molecule has 2 unspecified atom stereocenters. The van der Waals surface area contributed by atoms with E-state index in [9.17, 15) is 14.3 Å². The van der Waals surface area contributed by atoms with Crippen LogP contribution in [0.3, 0.4) is 0 Å². The van der Waals surface area contributed by atoms with Crippen LogP contribution in [0, 0.1) is 6.92 Å². The summed E-state index contributed by atoms with van der Waals surface area (Å²) in [5.74, 6) is 0.165. The molecule has 0 bridgehead atoms. The number of aryl methyl sites for hydroxylation is 1. The predicted molar refractivity (Wildman–Crippen MR) is 78.2 cm³/mol. The minimum atomic E-state index is -4.12. The highest BCUT2D eigenvalue weighted by Gasteiger charge is 2.40. The van der Waals surface area contributed by atoms with Gasteiger partial charge in [-0.3, -0.25) is 13.6 Å². The maximum Gasteiger partial charge on any atom is 0.472 e. The van der Waals surface area contributed by atoms with Crippen molar-refractivity contribution in [1.29, 1.82) is 0 Å². The Labute approximate surface area is 127 Å². The predicted octanol–water partition coefficient (Wildman–Crippen LogP) is 0.963. The van der Waals surface area contributed by atoms with Crippen LogP contribution in [0.4, 0.5) is 5.82 Å². The van der Waals surface area contributed by atoms with Crippen molar-refractivity contribution in [2.75, 3.05) is 12.8 Å². The van der Waals surface area contributed by atoms with Crippen molar-refractivity contribution in [3.63, 3.8) is 0 Å². The van der Waals surface area contributed by atoms with E-state index in [1.165, 1.54) is 4.57 Å². The average molecular weight is 333 g/mol. The standard InChI is InChI=1S/C12H20N3O6P/c1-4-8-9(21-22(17,18)19-3)5-10(20-8)15-6-7(2)11(13)14-12(15)16/h6,8-10H,4-5H2,1-3H3,(H,17,18)(H2,13,14,16)/t8-,9?,10-/m1/s1. The number of hydrogen-bond donors (Lipinski definition) is 2. The summed E-state index contributed by atoms with van der Waals surface area (Å²) >= 11 is 0. The van der Waals surface area contributed by atoms with E-state index in [2.05, 4.69) is 9.51 Å². The smallest absolute Gasteiger partial charge is 0.383 e.